The molecule has 1 aliphatic rings. The average Bonchev–Trinajstić information content (AvgIpc) is 2.70. The lowest BCUT2D eigenvalue weighted by Gasteiger charge is -2.22. The predicted molar refractivity (Wildman–Crippen MR) is 71.5 cm³/mol. The van der Waals surface area contributed by atoms with Crippen LogP contribution in [0.3, 0.4) is 0 Å². The Balaban J connectivity index is 1.96. The van der Waals surface area contributed by atoms with Crippen LogP contribution in [0.4, 0.5) is 5.69 Å². The summed E-state index contributed by atoms with van der Waals surface area (Å²) in [6.45, 7) is 1.80. The van der Waals surface area contributed by atoms with Crippen molar-refractivity contribution in [3.05, 3.63) is 23.8 Å². The molecular formula is C14H20N2O2. The number of carbonyl (C=O) groups excluding carboxylic acids is 1. The quantitative estimate of drug-likeness (QED) is 0.718. The van der Waals surface area contributed by atoms with Gasteiger partial charge in [0, 0.05) is 17.6 Å². The Labute approximate surface area is 107 Å². The standard InChI is InChI=1S/C14H20N2O2/c1-10-8-11(4-5-12(10)17)16-13(18)9-14(15)6-2-3-7-14/h4-5,8,17H,2-3,6-7,9,15H2,1H3,(H,16,18). The lowest BCUT2D eigenvalue weighted by atomic mass is 9.94. The van der Waals surface area contributed by atoms with E-state index in [0.717, 1.165) is 31.2 Å². The molecule has 1 amide bonds. The van der Waals surface area contributed by atoms with Gasteiger partial charge in [-0.2, -0.15) is 0 Å². The molecule has 2 rings (SSSR count). The van der Waals surface area contributed by atoms with Gasteiger partial charge in [-0.1, -0.05) is 12.8 Å². The number of phenols is 1. The van der Waals surface area contributed by atoms with E-state index in [-0.39, 0.29) is 17.2 Å². The number of nitrogens with two attached hydrogens (primary N) is 1. The fourth-order valence-electron chi connectivity index (χ4n) is 2.51. The van der Waals surface area contributed by atoms with Crippen LogP contribution in [0, 0.1) is 6.92 Å². The zero-order valence-corrected chi connectivity index (χ0v) is 10.7. The van der Waals surface area contributed by atoms with Crippen LogP contribution in [0.5, 0.6) is 5.75 Å². The van der Waals surface area contributed by atoms with Gasteiger partial charge in [0.25, 0.3) is 0 Å². The van der Waals surface area contributed by atoms with Gasteiger partial charge >= 0.3 is 0 Å². The van der Waals surface area contributed by atoms with Crippen molar-refractivity contribution in [2.45, 2.75) is 44.6 Å². The molecule has 1 aromatic rings. The van der Waals surface area contributed by atoms with Gasteiger partial charge < -0.3 is 16.2 Å². The van der Waals surface area contributed by atoms with Crippen LogP contribution in [-0.4, -0.2) is 16.6 Å². The molecular weight excluding hydrogens is 228 g/mol. The minimum atomic E-state index is -0.323. The highest BCUT2D eigenvalue weighted by Crippen LogP contribution is 2.30. The molecule has 4 heteroatoms. The summed E-state index contributed by atoms with van der Waals surface area (Å²) in [5.74, 6) is 0.184. The van der Waals surface area contributed by atoms with E-state index >= 15 is 0 Å². The number of anilines is 1. The fraction of sp³-hybridized carbons (Fsp3) is 0.500. The Kier molecular flexibility index (Phi) is 3.57. The molecule has 0 aromatic heterocycles. The smallest absolute Gasteiger partial charge is 0.226 e. The molecule has 0 atom stereocenters. The first-order chi connectivity index (χ1) is 8.48. The minimum absolute atomic E-state index is 0.0514. The number of carbonyl (C=O) groups is 1. The SMILES string of the molecule is Cc1cc(NC(=O)CC2(N)CCCC2)ccc1O. The third-order valence-corrected chi connectivity index (χ3v) is 3.59. The number of aryl methyl sites for hydroxylation is 1. The average molecular weight is 248 g/mol. The molecule has 1 saturated carbocycles. The number of aromatic hydroxyl groups is 1. The molecule has 1 aliphatic carbocycles. The first kappa shape index (κ1) is 12.9. The molecule has 0 radical (unpaired) electrons. The first-order valence-corrected chi connectivity index (χ1v) is 6.37. The fourth-order valence-corrected chi connectivity index (χ4v) is 2.51. The number of phenolic OH excluding ortho intramolecular Hbond substituents is 1. The molecule has 0 saturated heterocycles. The van der Waals surface area contributed by atoms with Gasteiger partial charge in [-0.3, -0.25) is 4.79 Å². The molecule has 1 fully saturated rings. The lowest BCUT2D eigenvalue weighted by Crippen LogP contribution is -2.40. The van der Waals surface area contributed by atoms with E-state index in [0.29, 0.717) is 12.1 Å². The molecule has 4 nitrogen and oxygen atoms in total. The van der Waals surface area contributed by atoms with Crippen LogP contribution in [-0.2, 0) is 4.79 Å². The summed E-state index contributed by atoms with van der Waals surface area (Å²) in [4.78, 5) is 11.9. The van der Waals surface area contributed by atoms with Crippen LogP contribution < -0.4 is 11.1 Å². The summed E-state index contributed by atoms with van der Waals surface area (Å²) < 4.78 is 0. The Morgan fingerprint density at radius 3 is 2.72 bits per heavy atom. The van der Waals surface area contributed by atoms with Crippen molar-refractivity contribution >= 4 is 11.6 Å². The Hall–Kier alpha value is -1.55. The highest BCUT2D eigenvalue weighted by Gasteiger charge is 2.31. The van der Waals surface area contributed by atoms with Crippen LogP contribution in [0.25, 0.3) is 0 Å². The van der Waals surface area contributed by atoms with E-state index in [9.17, 15) is 9.90 Å². The molecule has 1 aromatic carbocycles. The van der Waals surface area contributed by atoms with E-state index in [1.165, 1.54) is 0 Å². The van der Waals surface area contributed by atoms with Crippen molar-refractivity contribution in [1.29, 1.82) is 0 Å². The van der Waals surface area contributed by atoms with E-state index in [1.807, 2.05) is 0 Å². The molecule has 0 unspecified atom stereocenters. The van der Waals surface area contributed by atoms with Crippen LogP contribution in [0.2, 0.25) is 0 Å². The second-order valence-electron chi connectivity index (χ2n) is 5.30. The first-order valence-electron chi connectivity index (χ1n) is 6.37. The maximum Gasteiger partial charge on any atom is 0.226 e. The summed E-state index contributed by atoms with van der Waals surface area (Å²) in [5.41, 5.74) is 7.30. The monoisotopic (exact) mass is 248 g/mol. The molecule has 0 heterocycles. The summed E-state index contributed by atoms with van der Waals surface area (Å²) in [5, 5.41) is 12.2. The second-order valence-corrected chi connectivity index (χ2v) is 5.30. The summed E-state index contributed by atoms with van der Waals surface area (Å²) in [7, 11) is 0. The molecule has 0 spiro atoms. The van der Waals surface area contributed by atoms with Crippen molar-refractivity contribution in [3.8, 4) is 5.75 Å². The van der Waals surface area contributed by atoms with E-state index in [4.69, 9.17) is 5.73 Å². The summed E-state index contributed by atoms with van der Waals surface area (Å²) >= 11 is 0. The van der Waals surface area contributed by atoms with Crippen molar-refractivity contribution in [2.75, 3.05) is 5.32 Å². The molecule has 4 N–H and O–H groups in total. The van der Waals surface area contributed by atoms with Gasteiger partial charge in [0.1, 0.15) is 5.75 Å². The summed E-state index contributed by atoms with van der Waals surface area (Å²) in [6, 6.07) is 5.03. The zero-order valence-electron chi connectivity index (χ0n) is 10.7. The van der Waals surface area contributed by atoms with Gasteiger partial charge in [-0.25, -0.2) is 0 Å². The molecule has 0 aliphatic heterocycles. The van der Waals surface area contributed by atoms with Gasteiger partial charge in [-0.15, -0.1) is 0 Å². The largest absolute Gasteiger partial charge is 0.508 e. The Morgan fingerprint density at radius 1 is 1.44 bits per heavy atom. The highest BCUT2D eigenvalue weighted by atomic mass is 16.3. The highest BCUT2D eigenvalue weighted by molar-refractivity contribution is 5.91. The predicted octanol–water partition coefficient (Wildman–Crippen LogP) is 2.30. The number of rotatable bonds is 3. The normalized spacial score (nSPS) is 17.7. The zero-order chi connectivity index (χ0) is 13.2. The third kappa shape index (κ3) is 3.01. The van der Waals surface area contributed by atoms with E-state index in [2.05, 4.69) is 5.32 Å². The van der Waals surface area contributed by atoms with E-state index < -0.39 is 0 Å². The number of amides is 1. The van der Waals surface area contributed by atoms with Crippen molar-refractivity contribution in [1.82, 2.24) is 0 Å². The Bertz CT molecular complexity index is 451. The third-order valence-electron chi connectivity index (χ3n) is 3.59. The van der Waals surface area contributed by atoms with Gasteiger partial charge in [0.05, 0.1) is 0 Å². The maximum absolute atomic E-state index is 11.9. The van der Waals surface area contributed by atoms with Crippen molar-refractivity contribution in [2.24, 2.45) is 5.73 Å². The van der Waals surface area contributed by atoms with Crippen LogP contribution >= 0.6 is 0 Å². The topological polar surface area (TPSA) is 75.4 Å². The molecule has 0 bridgehead atoms. The summed E-state index contributed by atoms with van der Waals surface area (Å²) in [6.07, 6.45) is 4.45. The maximum atomic E-state index is 11.9. The van der Waals surface area contributed by atoms with Crippen LogP contribution in [0.1, 0.15) is 37.7 Å². The van der Waals surface area contributed by atoms with Gasteiger partial charge in [0.15, 0.2) is 0 Å². The van der Waals surface area contributed by atoms with Crippen molar-refractivity contribution in [3.63, 3.8) is 0 Å². The second kappa shape index (κ2) is 4.98. The number of hydrogen-bond donors (Lipinski definition) is 3. The minimum Gasteiger partial charge on any atom is -0.508 e. The number of nitrogens with one attached hydrogen (secondary N) is 1. The van der Waals surface area contributed by atoms with Gasteiger partial charge in [0.2, 0.25) is 5.91 Å². The van der Waals surface area contributed by atoms with Crippen molar-refractivity contribution < 1.29 is 9.90 Å². The number of benzene rings is 1. The lowest BCUT2D eigenvalue weighted by molar-refractivity contribution is -0.117. The van der Waals surface area contributed by atoms with Gasteiger partial charge in [-0.05, 0) is 43.5 Å². The van der Waals surface area contributed by atoms with Crippen LogP contribution in [0.15, 0.2) is 18.2 Å². The Morgan fingerprint density at radius 2 is 2.11 bits per heavy atom. The molecule has 18 heavy (non-hydrogen) atoms. The van der Waals surface area contributed by atoms with E-state index in [1.54, 1.807) is 25.1 Å². The number of hydrogen-bond acceptors (Lipinski definition) is 3. The molecule has 98 valence electrons.